The Morgan fingerprint density at radius 1 is 1.35 bits per heavy atom. The fourth-order valence-electron chi connectivity index (χ4n) is 2.46. The van der Waals surface area contributed by atoms with E-state index in [1.807, 2.05) is 10.9 Å². The first kappa shape index (κ1) is 12.6. The van der Waals surface area contributed by atoms with E-state index < -0.39 is 0 Å². The summed E-state index contributed by atoms with van der Waals surface area (Å²) in [6, 6.07) is 0.494. The number of aliphatic hydroxyl groups excluding tert-OH is 1. The Balaban J connectivity index is 1.95. The van der Waals surface area contributed by atoms with Gasteiger partial charge in [0.15, 0.2) is 0 Å². The molecule has 1 aliphatic heterocycles. The Labute approximate surface area is 103 Å². The second-order valence-electron chi connectivity index (χ2n) is 5.88. The van der Waals surface area contributed by atoms with E-state index in [2.05, 4.69) is 30.8 Å². The monoisotopic (exact) mass is 237 g/mol. The zero-order valence-corrected chi connectivity index (χ0v) is 11.1. The van der Waals surface area contributed by atoms with Gasteiger partial charge in [-0.25, -0.2) is 0 Å². The van der Waals surface area contributed by atoms with Crippen LogP contribution in [0.1, 0.15) is 45.2 Å². The molecule has 0 atom stereocenters. The summed E-state index contributed by atoms with van der Waals surface area (Å²) < 4.78 is 2.02. The maximum atomic E-state index is 9.04. The minimum atomic E-state index is 0.0842. The molecule has 4 heteroatoms. The second-order valence-corrected chi connectivity index (χ2v) is 5.88. The molecular formula is C13H23N3O. The summed E-state index contributed by atoms with van der Waals surface area (Å²) in [6.07, 6.45) is 6.02. The van der Waals surface area contributed by atoms with Crippen molar-refractivity contribution in [2.45, 2.75) is 51.8 Å². The van der Waals surface area contributed by atoms with Gasteiger partial charge in [-0.2, -0.15) is 5.10 Å². The first-order valence-corrected chi connectivity index (χ1v) is 6.39. The Hall–Kier alpha value is -0.870. The van der Waals surface area contributed by atoms with E-state index in [1.165, 1.54) is 0 Å². The average molecular weight is 237 g/mol. The number of piperidine rings is 1. The highest BCUT2D eigenvalue weighted by atomic mass is 16.3. The van der Waals surface area contributed by atoms with Crippen molar-refractivity contribution in [2.75, 3.05) is 13.1 Å². The molecule has 0 radical (unpaired) electrons. The van der Waals surface area contributed by atoms with Crippen LogP contribution in [0.2, 0.25) is 0 Å². The summed E-state index contributed by atoms with van der Waals surface area (Å²) in [5, 5.41) is 13.4. The normalized spacial score (nSPS) is 19.8. The number of hydrogen-bond donors (Lipinski definition) is 1. The minimum absolute atomic E-state index is 0.0842. The second kappa shape index (κ2) is 4.78. The number of aromatic nitrogens is 2. The van der Waals surface area contributed by atoms with Crippen LogP contribution in [0.15, 0.2) is 12.4 Å². The van der Waals surface area contributed by atoms with E-state index in [4.69, 9.17) is 5.11 Å². The van der Waals surface area contributed by atoms with Crippen LogP contribution in [-0.2, 0) is 6.61 Å². The molecule has 1 aromatic heterocycles. The lowest BCUT2D eigenvalue weighted by Crippen LogP contribution is -2.46. The lowest BCUT2D eigenvalue weighted by molar-refractivity contribution is 0.0870. The van der Waals surface area contributed by atoms with E-state index in [1.54, 1.807) is 6.20 Å². The third-order valence-corrected chi connectivity index (χ3v) is 3.62. The van der Waals surface area contributed by atoms with Gasteiger partial charge in [-0.05, 0) is 33.6 Å². The quantitative estimate of drug-likeness (QED) is 0.853. The molecule has 0 aromatic carbocycles. The van der Waals surface area contributed by atoms with Gasteiger partial charge in [-0.15, -0.1) is 0 Å². The zero-order valence-electron chi connectivity index (χ0n) is 11.1. The summed E-state index contributed by atoms with van der Waals surface area (Å²) in [4.78, 5) is 2.53. The highest BCUT2D eigenvalue weighted by molar-refractivity contribution is 5.02. The van der Waals surface area contributed by atoms with Crippen LogP contribution in [0.3, 0.4) is 0 Å². The number of hydrogen-bond acceptors (Lipinski definition) is 3. The van der Waals surface area contributed by atoms with Gasteiger partial charge in [0.25, 0.3) is 0 Å². The Morgan fingerprint density at radius 2 is 2.00 bits per heavy atom. The molecule has 1 aliphatic rings. The molecule has 0 saturated carbocycles. The maximum Gasteiger partial charge on any atom is 0.0712 e. The zero-order chi connectivity index (χ0) is 12.5. The summed E-state index contributed by atoms with van der Waals surface area (Å²) in [7, 11) is 0. The van der Waals surface area contributed by atoms with Crippen molar-refractivity contribution >= 4 is 0 Å². The molecule has 2 heterocycles. The van der Waals surface area contributed by atoms with Crippen LogP contribution < -0.4 is 0 Å². The largest absolute Gasteiger partial charge is 0.392 e. The van der Waals surface area contributed by atoms with Crippen LogP contribution in [0.4, 0.5) is 0 Å². The SMILES string of the molecule is CC(C)(C)N1CCC(n2cc(CO)cn2)CC1. The van der Waals surface area contributed by atoms with Gasteiger partial charge in [0.1, 0.15) is 0 Å². The maximum absolute atomic E-state index is 9.04. The molecule has 1 aromatic rings. The molecule has 17 heavy (non-hydrogen) atoms. The predicted molar refractivity (Wildman–Crippen MR) is 67.7 cm³/mol. The van der Waals surface area contributed by atoms with E-state index in [9.17, 15) is 0 Å². The van der Waals surface area contributed by atoms with Crippen LogP contribution in [-0.4, -0.2) is 38.4 Å². The van der Waals surface area contributed by atoms with Crippen LogP contribution in [0.5, 0.6) is 0 Å². The molecule has 4 nitrogen and oxygen atoms in total. The van der Waals surface area contributed by atoms with Crippen molar-refractivity contribution in [3.05, 3.63) is 18.0 Å². The topological polar surface area (TPSA) is 41.3 Å². The average Bonchev–Trinajstić information content (AvgIpc) is 2.76. The summed E-state index contributed by atoms with van der Waals surface area (Å²) in [6.45, 7) is 9.15. The van der Waals surface area contributed by atoms with Crippen molar-refractivity contribution in [2.24, 2.45) is 0 Å². The third-order valence-electron chi connectivity index (χ3n) is 3.62. The van der Waals surface area contributed by atoms with Gasteiger partial charge in [0, 0.05) is 30.4 Å². The van der Waals surface area contributed by atoms with Crippen LogP contribution >= 0.6 is 0 Å². The van der Waals surface area contributed by atoms with Crippen molar-refractivity contribution in [3.63, 3.8) is 0 Å². The fourth-order valence-corrected chi connectivity index (χ4v) is 2.46. The molecule has 0 amide bonds. The molecule has 0 bridgehead atoms. The predicted octanol–water partition coefficient (Wildman–Crippen LogP) is 1.81. The standard InChI is InChI=1S/C13H23N3O/c1-13(2,3)15-6-4-12(5-7-15)16-9-11(10-17)8-14-16/h8-9,12,17H,4-7,10H2,1-3H3. The Morgan fingerprint density at radius 3 is 2.47 bits per heavy atom. The van der Waals surface area contributed by atoms with Gasteiger partial charge in [-0.3, -0.25) is 9.58 Å². The van der Waals surface area contributed by atoms with Gasteiger partial charge < -0.3 is 5.11 Å². The number of rotatable bonds is 2. The van der Waals surface area contributed by atoms with Crippen molar-refractivity contribution < 1.29 is 5.11 Å². The van der Waals surface area contributed by atoms with E-state index in [-0.39, 0.29) is 12.1 Å². The third kappa shape index (κ3) is 2.87. The molecular weight excluding hydrogens is 214 g/mol. The van der Waals surface area contributed by atoms with Gasteiger partial charge in [0.05, 0.1) is 18.8 Å². The van der Waals surface area contributed by atoms with E-state index in [0.717, 1.165) is 31.5 Å². The lowest BCUT2D eigenvalue weighted by atomic mass is 9.98. The van der Waals surface area contributed by atoms with Crippen molar-refractivity contribution in [3.8, 4) is 0 Å². The molecule has 1 saturated heterocycles. The summed E-state index contributed by atoms with van der Waals surface area (Å²) in [5.74, 6) is 0. The van der Waals surface area contributed by atoms with E-state index >= 15 is 0 Å². The van der Waals surface area contributed by atoms with Gasteiger partial charge in [-0.1, -0.05) is 0 Å². The number of nitrogens with zero attached hydrogens (tertiary/aromatic N) is 3. The van der Waals surface area contributed by atoms with Crippen molar-refractivity contribution in [1.29, 1.82) is 0 Å². The summed E-state index contributed by atoms with van der Waals surface area (Å²) in [5.41, 5.74) is 1.17. The molecule has 2 rings (SSSR count). The number of aliphatic hydroxyl groups is 1. The van der Waals surface area contributed by atoms with Crippen LogP contribution in [0.25, 0.3) is 0 Å². The smallest absolute Gasteiger partial charge is 0.0712 e. The first-order chi connectivity index (χ1) is 8.00. The minimum Gasteiger partial charge on any atom is -0.392 e. The first-order valence-electron chi connectivity index (χ1n) is 6.39. The molecule has 1 fully saturated rings. The Bertz CT molecular complexity index is 359. The van der Waals surface area contributed by atoms with Crippen molar-refractivity contribution in [1.82, 2.24) is 14.7 Å². The molecule has 0 spiro atoms. The molecule has 96 valence electrons. The molecule has 0 aliphatic carbocycles. The lowest BCUT2D eigenvalue weighted by Gasteiger charge is -2.40. The number of likely N-dealkylation sites (tertiary alicyclic amines) is 1. The molecule has 0 unspecified atom stereocenters. The van der Waals surface area contributed by atoms with Gasteiger partial charge >= 0.3 is 0 Å². The highest BCUT2D eigenvalue weighted by Gasteiger charge is 2.27. The summed E-state index contributed by atoms with van der Waals surface area (Å²) >= 11 is 0. The van der Waals surface area contributed by atoms with Gasteiger partial charge in [0.2, 0.25) is 0 Å². The van der Waals surface area contributed by atoms with Crippen LogP contribution in [0, 0.1) is 0 Å². The molecule has 1 N–H and O–H groups in total. The Kier molecular flexibility index (Phi) is 3.54. The fraction of sp³-hybridized carbons (Fsp3) is 0.769. The highest BCUT2D eigenvalue weighted by Crippen LogP contribution is 2.26. The van der Waals surface area contributed by atoms with E-state index in [0.29, 0.717) is 6.04 Å².